The monoisotopic (exact) mass is 386 g/mol. The Bertz CT molecular complexity index is 1160. The van der Waals surface area contributed by atoms with Crippen LogP contribution in [0.1, 0.15) is 0 Å². The predicted molar refractivity (Wildman–Crippen MR) is 99.7 cm³/mol. The zero-order chi connectivity index (χ0) is 18.3. The first-order valence-corrected chi connectivity index (χ1v) is 9.94. The number of hydrogen-bond donors (Lipinski definition) is 1. The van der Waals surface area contributed by atoms with Gasteiger partial charge >= 0.3 is 0 Å². The first kappa shape index (κ1) is 16.7. The second-order valence-corrected chi connectivity index (χ2v) is 8.27. The van der Waals surface area contributed by atoms with E-state index in [0.717, 1.165) is 33.8 Å². The number of nitrogens with zero attached hydrogens (tertiary/aromatic N) is 3. The maximum absolute atomic E-state index is 11.3. The third-order valence-electron chi connectivity index (χ3n) is 3.85. The molecular weight excluding hydrogens is 372 g/mol. The minimum absolute atomic E-state index is 0.153. The van der Waals surface area contributed by atoms with Gasteiger partial charge in [0.1, 0.15) is 5.75 Å². The molecule has 0 amide bonds. The molecular formula is C17H14N4O3S2. The lowest BCUT2D eigenvalue weighted by atomic mass is 10.0. The van der Waals surface area contributed by atoms with Crippen LogP contribution in [0, 0.1) is 0 Å². The van der Waals surface area contributed by atoms with E-state index in [4.69, 9.17) is 9.88 Å². The lowest BCUT2D eigenvalue weighted by Crippen LogP contribution is -2.12. The molecule has 0 unspecified atom stereocenters. The summed E-state index contributed by atoms with van der Waals surface area (Å²) in [6.45, 7) is 0. The van der Waals surface area contributed by atoms with Gasteiger partial charge < -0.3 is 4.74 Å². The minimum Gasteiger partial charge on any atom is -0.497 e. The van der Waals surface area contributed by atoms with Crippen molar-refractivity contribution in [2.45, 2.75) is 4.34 Å². The van der Waals surface area contributed by atoms with Crippen molar-refractivity contribution in [2.24, 2.45) is 5.14 Å². The van der Waals surface area contributed by atoms with Crippen LogP contribution in [0.4, 0.5) is 0 Å². The third-order valence-corrected chi connectivity index (χ3v) is 6.08. The second-order valence-electron chi connectivity index (χ2n) is 5.58. The van der Waals surface area contributed by atoms with E-state index >= 15 is 0 Å². The van der Waals surface area contributed by atoms with Crippen LogP contribution in [0.3, 0.4) is 0 Å². The van der Waals surface area contributed by atoms with Crippen LogP contribution in [0.25, 0.3) is 27.3 Å². The molecule has 0 aliphatic carbocycles. The molecule has 132 valence electrons. The third kappa shape index (κ3) is 3.07. The normalized spacial score (nSPS) is 11.8. The summed E-state index contributed by atoms with van der Waals surface area (Å²) >= 11 is 0.938. The van der Waals surface area contributed by atoms with E-state index in [1.165, 1.54) is 4.52 Å². The molecule has 26 heavy (non-hydrogen) atoms. The maximum Gasteiger partial charge on any atom is 0.267 e. The van der Waals surface area contributed by atoms with Crippen LogP contribution < -0.4 is 9.88 Å². The van der Waals surface area contributed by atoms with E-state index < -0.39 is 10.0 Å². The van der Waals surface area contributed by atoms with Gasteiger partial charge in [0.05, 0.1) is 19.0 Å². The van der Waals surface area contributed by atoms with E-state index in [9.17, 15) is 8.42 Å². The van der Waals surface area contributed by atoms with Gasteiger partial charge in [-0.05, 0) is 23.3 Å². The molecule has 0 saturated carbocycles. The number of ether oxygens (including phenoxy) is 1. The quantitative estimate of drug-likeness (QED) is 0.581. The average molecular weight is 386 g/mol. The van der Waals surface area contributed by atoms with Gasteiger partial charge in [-0.15, -0.1) is 5.10 Å². The lowest BCUT2D eigenvalue weighted by molar-refractivity contribution is 0.415. The zero-order valence-corrected chi connectivity index (χ0v) is 15.3. The SMILES string of the molecule is COc1cccc(-c2ccc(-c3cn4nc(S(N)(=O)=O)sc4n3)cc2)c1. The number of imidazole rings is 1. The second kappa shape index (κ2) is 6.20. The van der Waals surface area contributed by atoms with E-state index in [0.29, 0.717) is 10.7 Å². The van der Waals surface area contributed by atoms with Gasteiger partial charge in [-0.3, -0.25) is 0 Å². The summed E-state index contributed by atoms with van der Waals surface area (Å²) in [7, 11) is -2.18. The number of aromatic nitrogens is 3. The molecule has 0 aliphatic heterocycles. The first-order valence-electron chi connectivity index (χ1n) is 7.58. The molecule has 0 radical (unpaired) electrons. The molecule has 4 aromatic rings. The highest BCUT2D eigenvalue weighted by molar-refractivity contribution is 7.91. The van der Waals surface area contributed by atoms with Gasteiger partial charge in [0.25, 0.3) is 10.0 Å². The van der Waals surface area contributed by atoms with E-state index in [2.05, 4.69) is 10.1 Å². The van der Waals surface area contributed by atoms with E-state index in [-0.39, 0.29) is 4.34 Å². The molecule has 7 nitrogen and oxygen atoms in total. The summed E-state index contributed by atoms with van der Waals surface area (Å²) in [5, 5.41) is 9.05. The molecule has 0 atom stereocenters. The van der Waals surface area contributed by atoms with Crippen LogP contribution >= 0.6 is 11.3 Å². The smallest absolute Gasteiger partial charge is 0.267 e. The molecule has 0 fully saturated rings. The Balaban J connectivity index is 1.66. The molecule has 2 aromatic carbocycles. The Morgan fingerprint density at radius 3 is 2.46 bits per heavy atom. The van der Waals surface area contributed by atoms with Gasteiger partial charge in [-0.25, -0.2) is 23.1 Å². The van der Waals surface area contributed by atoms with E-state index in [1.807, 2.05) is 48.5 Å². The Morgan fingerprint density at radius 1 is 1.08 bits per heavy atom. The van der Waals surface area contributed by atoms with Crippen molar-refractivity contribution in [1.82, 2.24) is 14.6 Å². The standard InChI is InChI=1S/C17H14N4O3S2/c1-24-14-4-2-3-13(9-14)11-5-7-12(8-6-11)15-10-21-16(19-15)25-17(20-21)26(18,22)23/h2-10H,1H3,(H2,18,22,23). The van der Waals surface area contributed by atoms with Gasteiger partial charge in [0.2, 0.25) is 9.30 Å². The maximum atomic E-state index is 11.3. The fourth-order valence-corrected chi connectivity index (χ4v) is 4.08. The van der Waals surface area contributed by atoms with Gasteiger partial charge in [0.15, 0.2) is 0 Å². The molecule has 0 saturated heterocycles. The summed E-state index contributed by atoms with van der Waals surface area (Å²) in [6.07, 6.45) is 1.68. The molecule has 0 spiro atoms. The number of hydrogen-bond acceptors (Lipinski definition) is 6. The molecule has 2 aromatic heterocycles. The molecule has 2 heterocycles. The molecule has 0 bridgehead atoms. The van der Waals surface area contributed by atoms with Crippen molar-refractivity contribution in [2.75, 3.05) is 7.11 Å². The summed E-state index contributed by atoms with van der Waals surface area (Å²) in [6, 6.07) is 15.8. The topological polar surface area (TPSA) is 99.6 Å². The Kier molecular flexibility index (Phi) is 3.98. The van der Waals surface area contributed by atoms with Crippen LogP contribution in [0.5, 0.6) is 5.75 Å². The van der Waals surface area contributed by atoms with Gasteiger partial charge in [-0.1, -0.05) is 47.7 Å². The number of benzene rings is 2. The highest BCUT2D eigenvalue weighted by Crippen LogP contribution is 2.28. The number of primary sulfonamides is 1. The minimum atomic E-state index is -3.82. The van der Waals surface area contributed by atoms with Gasteiger partial charge in [-0.2, -0.15) is 0 Å². The Labute approximate surface area is 153 Å². The summed E-state index contributed by atoms with van der Waals surface area (Å²) < 4.78 is 29.2. The van der Waals surface area contributed by atoms with Crippen LogP contribution in [0.15, 0.2) is 59.1 Å². The van der Waals surface area contributed by atoms with Crippen molar-refractivity contribution in [1.29, 1.82) is 0 Å². The van der Waals surface area contributed by atoms with Crippen LogP contribution in [-0.4, -0.2) is 30.1 Å². The average Bonchev–Trinajstić information content (AvgIpc) is 3.21. The first-order chi connectivity index (χ1) is 12.4. The van der Waals surface area contributed by atoms with Crippen molar-refractivity contribution < 1.29 is 13.2 Å². The number of rotatable bonds is 4. The van der Waals surface area contributed by atoms with Crippen molar-refractivity contribution in [3.05, 3.63) is 54.7 Å². The lowest BCUT2D eigenvalue weighted by Gasteiger charge is -2.05. The summed E-state index contributed by atoms with van der Waals surface area (Å²) in [5.74, 6) is 0.803. The summed E-state index contributed by atoms with van der Waals surface area (Å²) in [4.78, 5) is 4.90. The highest BCUT2D eigenvalue weighted by atomic mass is 32.2. The fraction of sp³-hybridized carbons (Fsp3) is 0.0588. The van der Waals surface area contributed by atoms with Crippen molar-refractivity contribution in [3.63, 3.8) is 0 Å². The fourth-order valence-electron chi connectivity index (χ4n) is 2.57. The number of sulfonamides is 1. The molecule has 9 heteroatoms. The molecule has 2 N–H and O–H groups in total. The Hall–Kier alpha value is -2.75. The molecule has 4 rings (SSSR count). The van der Waals surface area contributed by atoms with Crippen LogP contribution in [-0.2, 0) is 10.0 Å². The number of methoxy groups -OCH3 is 1. The highest BCUT2D eigenvalue weighted by Gasteiger charge is 2.17. The number of nitrogens with two attached hydrogens (primary N) is 1. The Morgan fingerprint density at radius 2 is 1.81 bits per heavy atom. The van der Waals surface area contributed by atoms with Gasteiger partial charge in [0, 0.05) is 5.56 Å². The van der Waals surface area contributed by atoms with Crippen molar-refractivity contribution in [3.8, 4) is 28.1 Å². The van der Waals surface area contributed by atoms with Crippen LogP contribution in [0.2, 0.25) is 0 Å². The van der Waals surface area contributed by atoms with E-state index in [1.54, 1.807) is 13.3 Å². The predicted octanol–water partition coefficient (Wildman–Crippen LogP) is 2.78. The van der Waals surface area contributed by atoms with Crippen molar-refractivity contribution >= 4 is 26.3 Å². The summed E-state index contributed by atoms with van der Waals surface area (Å²) in [5.41, 5.74) is 3.73. The number of fused-ring (bicyclic) bond motifs is 1. The zero-order valence-electron chi connectivity index (χ0n) is 13.7. The largest absolute Gasteiger partial charge is 0.497 e. The molecule has 0 aliphatic rings.